The SMILES string of the molecule is C=CCN(C(=O)[C@@H]1[C@H]2C(=O)N([C@@H](CO)Cc3ccccc3)C(C(=O)N(CC=C)C3CCCCC3)C23CC(C)[C@@]1(C)O3)c1ccc(OCC)cc1. The van der Waals surface area contributed by atoms with Gasteiger partial charge in [0, 0.05) is 24.8 Å². The highest BCUT2D eigenvalue weighted by atomic mass is 16.5. The largest absolute Gasteiger partial charge is 0.494 e. The van der Waals surface area contributed by atoms with E-state index in [1.54, 1.807) is 22.0 Å². The standard InChI is InChI=1S/C41H53N3O6/c1-6-23-42(31-19-21-33(22-20-31)49-8-3)37(46)34-35-38(47)44(32(27-45)25-29-15-11-9-12-16-29)36(41(35)26-28(4)40(34,5)50-41)39(48)43(24-7-2)30-17-13-10-14-18-30/h6-7,9,11-12,15-16,19-22,28,30,32,34-36,45H,1-2,8,10,13-14,17-18,23-27H2,3-5H3/t28?,32-,34+,35+,36?,40-,41?/m1/s1. The van der Waals surface area contributed by atoms with Crippen LogP contribution in [0.25, 0.3) is 0 Å². The third-order valence-electron chi connectivity index (χ3n) is 11.8. The Labute approximate surface area is 296 Å². The van der Waals surface area contributed by atoms with Gasteiger partial charge in [0.05, 0.1) is 36.7 Å². The van der Waals surface area contributed by atoms with Crippen molar-refractivity contribution in [3.05, 3.63) is 85.5 Å². The van der Waals surface area contributed by atoms with Crippen LogP contribution in [0.5, 0.6) is 5.75 Å². The van der Waals surface area contributed by atoms with Crippen molar-refractivity contribution < 1.29 is 29.0 Å². The van der Waals surface area contributed by atoms with Crippen molar-refractivity contribution in [3.63, 3.8) is 0 Å². The first-order chi connectivity index (χ1) is 24.1. The zero-order valence-corrected chi connectivity index (χ0v) is 29.8. The van der Waals surface area contributed by atoms with Crippen molar-refractivity contribution in [2.75, 3.05) is 31.2 Å². The highest BCUT2D eigenvalue weighted by molar-refractivity contribution is 6.03. The number of aliphatic hydroxyl groups is 1. The molecule has 0 aromatic heterocycles. The molecule has 2 aromatic rings. The lowest BCUT2D eigenvalue weighted by molar-refractivity contribution is -0.157. The molecule has 1 N–H and O–H groups in total. The maximum atomic E-state index is 15.2. The zero-order chi connectivity index (χ0) is 35.6. The normalized spacial score (nSPS) is 29.4. The minimum absolute atomic E-state index is 0.0233. The highest BCUT2D eigenvalue weighted by Gasteiger charge is 2.80. The van der Waals surface area contributed by atoms with Crippen molar-refractivity contribution in [2.24, 2.45) is 17.8 Å². The van der Waals surface area contributed by atoms with E-state index in [9.17, 15) is 5.11 Å². The summed E-state index contributed by atoms with van der Waals surface area (Å²) < 4.78 is 12.8. The molecule has 2 bridgehead atoms. The molecule has 4 fully saturated rings. The molecule has 0 radical (unpaired) electrons. The van der Waals surface area contributed by atoms with Gasteiger partial charge >= 0.3 is 0 Å². The molecule has 3 heterocycles. The van der Waals surface area contributed by atoms with Crippen molar-refractivity contribution in [1.82, 2.24) is 9.80 Å². The third kappa shape index (κ3) is 6.06. The molecule has 3 unspecified atom stereocenters. The van der Waals surface area contributed by atoms with Crippen LogP contribution in [0.4, 0.5) is 5.69 Å². The maximum Gasteiger partial charge on any atom is 0.248 e. The van der Waals surface area contributed by atoms with Crippen LogP contribution in [0, 0.1) is 17.8 Å². The monoisotopic (exact) mass is 683 g/mol. The second-order valence-corrected chi connectivity index (χ2v) is 14.7. The van der Waals surface area contributed by atoms with Crippen LogP contribution >= 0.6 is 0 Å². The molecule has 3 amide bonds. The van der Waals surface area contributed by atoms with Gasteiger partial charge in [-0.2, -0.15) is 0 Å². The van der Waals surface area contributed by atoms with Gasteiger partial charge in [0.2, 0.25) is 17.7 Å². The molecule has 7 atom stereocenters. The first-order valence-corrected chi connectivity index (χ1v) is 18.4. The number of anilines is 1. The number of carbonyl (C=O) groups is 3. The summed E-state index contributed by atoms with van der Waals surface area (Å²) in [5.74, 6) is -1.91. The molecule has 4 aliphatic rings. The molecule has 50 heavy (non-hydrogen) atoms. The van der Waals surface area contributed by atoms with Gasteiger partial charge < -0.3 is 29.3 Å². The van der Waals surface area contributed by atoms with Crippen LogP contribution in [0.1, 0.15) is 64.9 Å². The molecule has 9 heteroatoms. The number of hydrogen-bond donors (Lipinski definition) is 1. The van der Waals surface area contributed by atoms with E-state index in [4.69, 9.17) is 9.47 Å². The smallest absolute Gasteiger partial charge is 0.248 e. The van der Waals surface area contributed by atoms with E-state index in [0.29, 0.717) is 37.4 Å². The van der Waals surface area contributed by atoms with Crippen LogP contribution in [0.2, 0.25) is 0 Å². The minimum Gasteiger partial charge on any atom is -0.494 e. The fraction of sp³-hybridized carbons (Fsp3) is 0.537. The Balaban J connectivity index is 1.45. The molecule has 1 spiro atoms. The summed E-state index contributed by atoms with van der Waals surface area (Å²) in [6, 6.07) is 15.4. The molecular formula is C41H53N3O6. The fourth-order valence-corrected chi connectivity index (χ4v) is 9.48. The first kappa shape index (κ1) is 35.9. The summed E-state index contributed by atoms with van der Waals surface area (Å²) in [7, 11) is 0. The van der Waals surface area contributed by atoms with Crippen molar-refractivity contribution >= 4 is 23.4 Å². The van der Waals surface area contributed by atoms with Crippen LogP contribution in [0.15, 0.2) is 79.9 Å². The molecule has 2 aromatic carbocycles. The van der Waals surface area contributed by atoms with Gasteiger partial charge in [0.1, 0.15) is 17.4 Å². The molecule has 1 aliphatic carbocycles. The summed E-state index contributed by atoms with van der Waals surface area (Å²) in [4.78, 5) is 50.6. The lowest BCUT2D eigenvalue weighted by Gasteiger charge is -2.42. The van der Waals surface area contributed by atoms with E-state index in [1.807, 2.05) is 73.3 Å². The minimum atomic E-state index is -1.24. The Bertz CT molecular complexity index is 1560. The fourth-order valence-electron chi connectivity index (χ4n) is 9.48. The van der Waals surface area contributed by atoms with Gasteiger partial charge in [-0.25, -0.2) is 0 Å². The van der Waals surface area contributed by atoms with Crippen molar-refractivity contribution in [1.29, 1.82) is 0 Å². The van der Waals surface area contributed by atoms with Gasteiger partial charge in [-0.1, -0.05) is 68.7 Å². The van der Waals surface area contributed by atoms with Gasteiger partial charge in [0.15, 0.2) is 0 Å². The Morgan fingerprint density at radius 1 is 1.04 bits per heavy atom. The Kier molecular flexibility index (Phi) is 10.6. The number of ether oxygens (including phenoxy) is 2. The van der Waals surface area contributed by atoms with Gasteiger partial charge in [0.25, 0.3) is 0 Å². The number of nitrogens with zero attached hydrogens (tertiary/aromatic N) is 3. The van der Waals surface area contributed by atoms with E-state index in [1.165, 1.54) is 0 Å². The van der Waals surface area contributed by atoms with E-state index < -0.39 is 35.1 Å². The van der Waals surface area contributed by atoms with Crippen LogP contribution in [0.3, 0.4) is 0 Å². The number of carbonyl (C=O) groups excluding carboxylic acids is 3. The summed E-state index contributed by atoms with van der Waals surface area (Å²) in [6.45, 7) is 14.6. The molecule has 3 aliphatic heterocycles. The number of aliphatic hydroxyl groups excluding tert-OH is 1. The van der Waals surface area contributed by atoms with E-state index >= 15 is 14.4 Å². The third-order valence-corrected chi connectivity index (χ3v) is 11.8. The second kappa shape index (κ2) is 14.7. The summed E-state index contributed by atoms with van der Waals surface area (Å²) in [5, 5.41) is 11.0. The number of fused-ring (bicyclic) bond motifs is 1. The van der Waals surface area contributed by atoms with Crippen molar-refractivity contribution in [3.8, 4) is 5.75 Å². The Hall–Kier alpha value is -3.95. The predicted molar refractivity (Wildman–Crippen MR) is 194 cm³/mol. The highest BCUT2D eigenvalue weighted by Crippen LogP contribution is 2.66. The van der Waals surface area contributed by atoms with Gasteiger partial charge in [-0.3, -0.25) is 14.4 Å². The average Bonchev–Trinajstić information content (AvgIpc) is 3.65. The lowest BCUT2D eigenvalue weighted by atomic mass is 9.62. The molecule has 3 saturated heterocycles. The number of amides is 3. The van der Waals surface area contributed by atoms with Crippen LogP contribution < -0.4 is 9.64 Å². The van der Waals surface area contributed by atoms with E-state index in [2.05, 4.69) is 20.1 Å². The van der Waals surface area contributed by atoms with Gasteiger partial charge in [-0.05, 0) is 75.3 Å². The Morgan fingerprint density at radius 2 is 1.72 bits per heavy atom. The second-order valence-electron chi connectivity index (χ2n) is 14.7. The topological polar surface area (TPSA) is 99.6 Å². The molecule has 9 nitrogen and oxygen atoms in total. The average molecular weight is 684 g/mol. The van der Waals surface area contributed by atoms with E-state index in [0.717, 1.165) is 37.7 Å². The molecular weight excluding hydrogens is 630 g/mol. The number of hydrogen-bond acceptors (Lipinski definition) is 6. The first-order valence-electron chi connectivity index (χ1n) is 18.4. The maximum absolute atomic E-state index is 15.2. The summed E-state index contributed by atoms with van der Waals surface area (Å²) in [5.41, 5.74) is -0.622. The van der Waals surface area contributed by atoms with E-state index in [-0.39, 0.29) is 42.8 Å². The van der Waals surface area contributed by atoms with Gasteiger partial charge in [-0.15, -0.1) is 13.2 Å². The lowest BCUT2D eigenvalue weighted by Crippen LogP contribution is -2.60. The van der Waals surface area contributed by atoms with Crippen molar-refractivity contribution in [2.45, 2.75) is 95.0 Å². The van der Waals surface area contributed by atoms with Crippen LogP contribution in [-0.4, -0.2) is 88.3 Å². The molecule has 6 rings (SSSR count). The summed E-state index contributed by atoms with van der Waals surface area (Å²) in [6.07, 6.45) is 9.23. The quantitative estimate of drug-likeness (QED) is 0.262. The van der Waals surface area contributed by atoms with Crippen LogP contribution in [-0.2, 0) is 25.5 Å². The number of rotatable bonds is 14. The zero-order valence-electron chi connectivity index (χ0n) is 29.8. The Morgan fingerprint density at radius 3 is 2.34 bits per heavy atom. The number of benzene rings is 2. The molecule has 1 saturated carbocycles. The molecule has 268 valence electrons. The predicted octanol–water partition coefficient (Wildman–Crippen LogP) is 5.57. The summed E-state index contributed by atoms with van der Waals surface area (Å²) >= 11 is 0. The number of likely N-dealkylation sites (tertiary alicyclic amines) is 1.